The molecule has 0 fully saturated rings. The van der Waals surface area contributed by atoms with Gasteiger partial charge in [-0.05, 0) is 24.6 Å². The van der Waals surface area contributed by atoms with Gasteiger partial charge in [0.1, 0.15) is 17.5 Å². The lowest BCUT2D eigenvalue weighted by atomic mass is 10.0. The van der Waals surface area contributed by atoms with E-state index in [9.17, 15) is 14.9 Å². The standard InChI is InChI=1S/C24H18N4O3/c1-15(16-8-3-2-4-9-16)26-23(29)19(14-25)21-17-10-5-6-11-18(17)22(27-21)28-24(30)20-12-7-13-31-20/h2-13,15H,1H3,(H,26,29)(H,27,28,30)/b21-19-/t15-/m1/s1. The van der Waals surface area contributed by atoms with Crippen molar-refractivity contribution in [2.45, 2.75) is 13.0 Å². The minimum Gasteiger partial charge on any atom is -0.459 e. The highest BCUT2D eigenvalue weighted by Gasteiger charge is 2.28. The first kappa shape index (κ1) is 19.9. The van der Waals surface area contributed by atoms with Gasteiger partial charge in [0, 0.05) is 11.1 Å². The predicted molar refractivity (Wildman–Crippen MR) is 115 cm³/mol. The van der Waals surface area contributed by atoms with E-state index in [0.717, 1.165) is 5.56 Å². The van der Waals surface area contributed by atoms with Crippen LogP contribution in [0, 0.1) is 11.3 Å². The summed E-state index contributed by atoms with van der Waals surface area (Å²) < 4.78 is 5.12. The molecule has 2 heterocycles. The van der Waals surface area contributed by atoms with Gasteiger partial charge in [0.25, 0.3) is 11.8 Å². The number of nitrogens with one attached hydrogen (secondary N) is 2. The molecule has 4 rings (SSSR count). The molecular formula is C24H18N4O3. The highest BCUT2D eigenvalue weighted by Crippen LogP contribution is 2.31. The summed E-state index contributed by atoms with van der Waals surface area (Å²) in [6, 6.07) is 21.4. The van der Waals surface area contributed by atoms with E-state index in [0.29, 0.717) is 11.1 Å². The molecule has 1 aromatic heterocycles. The molecule has 2 amide bonds. The summed E-state index contributed by atoms with van der Waals surface area (Å²) in [6.45, 7) is 1.84. The van der Waals surface area contributed by atoms with Crippen molar-refractivity contribution in [1.29, 1.82) is 5.26 Å². The molecule has 0 saturated carbocycles. The number of nitrogens with zero attached hydrogens (tertiary/aromatic N) is 2. The van der Waals surface area contributed by atoms with Crippen molar-refractivity contribution in [1.82, 2.24) is 10.6 Å². The topological polar surface area (TPSA) is 107 Å². The molecule has 152 valence electrons. The normalized spacial score (nSPS) is 14.6. The van der Waals surface area contributed by atoms with Crippen molar-refractivity contribution in [2.75, 3.05) is 0 Å². The van der Waals surface area contributed by atoms with E-state index in [1.165, 1.54) is 12.3 Å². The zero-order valence-electron chi connectivity index (χ0n) is 16.6. The average Bonchev–Trinajstić information content (AvgIpc) is 3.44. The Morgan fingerprint density at radius 1 is 1.00 bits per heavy atom. The van der Waals surface area contributed by atoms with Crippen molar-refractivity contribution in [3.63, 3.8) is 0 Å². The lowest BCUT2D eigenvalue weighted by Crippen LogP contribution is -2.30. The van der Waals surface area contributed by atoms with Gasteiger partial charge in [-0.2, -0.15) is 5.26 Å². The molecule has 7 heteroatoms. The van der Waals surface area contributed by atoms with Crippen molar-refractivity contribution >= 4 is 23.3 Å². The molecule has 31 heavy (non-hydrogen) atoms. The van der Waals surface area contributed by atoms with E-state index in [1.54, 1.807) is 30.3 Å². The number of nitriles is 1. The van der Waals surface area contributed by atoms with Crippen molar-refractivity contribution in [2.24, 2.45) is 4.99 Å². The Hall–Kier alpha value is -4.44. The third-order valence-corrected chi connectivity index (χ3v) is 4.86. The molecule has 1 aliphatic heterocycles. The van der Waals surface area contributed by atoms with Crippen molar-refractivity contribution in [3.8, 4) is 6.07 Å². The van der Waals surface area contributed by atoms with Gasteiger partial charge in [-0.25, -0.2) is 4.99 Å². The summed E-state index contributed by atoms with van der Waals surface area (Å²) in [7, 11) is 0. The Kier molecular flexibility index (Phi) is 5.45. The van der Waals surface area contributed by atoms with Gasteiger partial charge in [-0.15, -0.1) is 0 Å². The molecule has 7 nitrogen and oxygen atoms in total. The number of furan rings is 1. The SMILES string of the molecule is C[C@@H](NC(=O)/C(C#N)=C1\N=C(NC(=O)c2ccco2)c2ccccc21)c1ccccc1. The van der Waals surface area contributed by atoms with Gasteiger partial charge in [-0.1, -0.05) is 54.6 Å². The molecule has 3 aromatic rings. The highest BCUT2D eigenvalue weighted by molar-refractivity contribution is 6.20. The number of hydrogen-bond donors (Lipinski definition) is 2. The van der Waals surface area contributed by atoms with Gasteiger partial charge < -0.3 is 15.1 Å². The summed E-state index contributed by atoms with van der Waals surface area (Å²) in [5, 5.41) is 15.3. The fourth-order valence-electron chi connectivity index (χ4n) is 3.30. The first-order valence-corrected chi connectivity index (χ1v) is 9.62. The molecule has 0 spiro atoms. The second-order valence-corrected chi connectivity index (χ2v) is 6.88. The van der Waals surface area contributed by atoms with Gasteiger partial charge in [0.2, 0.25) is 0 Å². The Bertz CT molecular complexity index is 1240. The summed E-state index contributed by atoms with van der Waals surface area (Å²) in [5.74, 6) is -0.623. The molecular weight excluding hydrogens is 392 g/mol. The minimum absolute atomic E-state index is 0.127. The van der Waals surface area contributed by atoms with E-state index in [-0.39, 0.29) is 28.9 Å². The molecule has 2 N–H and O–H groups in total. The predicted octanol–water partition coefficient (Wildman–Crippen LogP) is 3.58. The Morgan fingerprint density at radius 3 is 2.39 bits per heavy atom. The average molecular weight is 410 g/mol. The van der Waals surface area contributed by atoms with Crippen molar-refractivity contribution < 1.29 is 14.0 Å². The fourth-order valence-corrected chi connectivity index (χ4v) is 3.30. The zero-order valence-corrected chi connectivity index (χ0v) is 16.6. The molecule has 1 atom stereocenters. The van der Waals surface area contributed by atoms with Crippen LogP contribution in [0.25, 0.3) is 5.70 Å². The molecule has 0 bridgehead atoms. The summed E-state index contributed by atoms with van der Waals surface area (Å²) in [6.07, 6.45) is 1.40. The van der Waals surface area contributed by atoms with E-state index >= 15 is 0 Å². The number of carbonyl (C=O) groups excluding carboxylic acids is 2. The summed E-state index contributed by atoms with van der Waals surface area (Å²) in [4.78, 5) is 29.7. The van der Waals surface area contributed by atoms with Crippen LogP contribution < -0.4 is 10.6 Å². The fraction of sp³-hybridized carbons (Fsp3) is 0.0833. The van der Waals surface area contributed by atoms with Crippen LogP contribution in [0.15, 0.2) is 88.0 Å². The van der Waals surface area contributed by atoms with Gasteiger partial charge >= 0.3 is 0 Å². The number of carbonyl (C=O) groups is 2. The minimum atomic E-state index is -0.536. The Labute approximate surface area is 178 Å². The number of fused-ring (bicyclic) bond motifs is 1. The molecule has 2 aromatic carbocycles. The molecule has 1 aliphatic rings. The lowest BCUT2D eigenvalue weighted by molar-refractivity contribution is -0.117. The molecule has 0 aliphatic carbocycles. The second-order valence-electron chi connectivity index (χ2n) is 6.88. The van der Waals surface area contributed by atoms with Gasteiger partial charge in [-0.3, -0.25) is 9.59 Å². The number of hydrogen-bond acceptors (Lipinski definition) is 5. The van der Waals surface area contributed by atoms with Crippen LogP contribution in [0.4, 0.5) is 0 Å². The third-order valence-electron chi connectivity index (χ3n) is 4.86. The number of amidine groups is 1. The quantitative estimate of drug-likeness (QED) is 0.506. The van der Waals surface area contributed by atoms with Gasteiger partial charge in [0.05, 0.1) is 18.0 Å². The first-order valence-electron chi connectivity index (χ1n) is 9.62. The summed E-state index contributed by atoms with van der Waals surface area (Å²) in [5.41, 5.74) is 2.22. The lowest BCUT2D eigenvalue weighted by Gasteiger charge is -2.14. The van der Waals surface area contributed by atoms with Crippen LogP contribution in [0.5, 0.6) is 0 Å². The molecule has 0 saturated heterocycles. The molecule has 0 unspecified atom stereocenters. The maximum Gasteiger partial charge on any atom is 0.292 e. The van der Waals surface area contributed by atoms with Crippen LogP contribution in [-0.4, -0.2) is 17.6 Å². The largest absolute Gasteiger partial charge is 0.459 e. The van der Waals surface area contributed by atoms with Crippen LogP contribution >= 0.6 is 0 Å². The highest BCUT2D eigenvalue weighted by atomic mass is 16.3. The summed E-state index contributed by atoms with van der Waals surface area (Å²) >= 11 is 0. The van der Waals surface area contributed by atoms with E-state index in [4.69, 9.17) is 4.42 Å². The van der Waals surface area contributed by atoms with Crippen LogP contribution in [0.2, 0.25) is 0 Å². The van der Waals surface area contributed by atoms with E-state index in [2.05, 4.69) is 15.6 Å². The first-order chi connectivity index (χ1) is 15.1. The number of benzene rings is 2. The Balaban J connectivity index is 1.66. The van der Waals surface area contributed by atoms with Crippen LogP contribution in [-0.2, 0) is 4.79 Å². The second kappa shape index (κ2) is 8.51. The molecule has 0 radical (unpaired) electrons. The van der Waals surface area contributed by atoms with Crippen LogP contribution in [0.3, 0.4) is 0 Å². The Morgan fingerprint density at radius 2 is 1.71 bits per heavy atom. The monoisotopic (exact) mass is 410 g/mol. The maximum absolute atomic E-state index is 12.9. The number of amides is 2. The van der Waals surface area contributed by atoms with E-state index in [1.807, 2.05) is 43.3 Å². The zero-order chi connectivity index (χ0) is 21.8. The number of aliphatic imine (C=N–C) groups is 1. The third kappa shape index (κ3) is 4.00. The van der Waals surface area contributed by atoms with E-state index < -0.39 is 11.8 Å². The van der Waals surface area contributed by atoms with Gasteiger partial charge in [0.15, 0.2) is 5.76 Å². The number of rotatable bonds is 4. The van der Waals surface area contributed by atoms with Crippen molar-refractivity contribution in [3.05, 3.63) is 101 Å². The van der Waals surface area contributed by atoms with Crippen LogP contribution in [0.1, 0.15) is 40.2 Å². The maximum atomic E-state index is 12.9. The smallest absolute Gasteiger partial charge is 0.292 e.